The monoisotopic (exact) mass is 257 g/mol. The van der Waals surface area contributed by atoms with E-state index >= 15 is 0 Å². The molecule has 5 heteroatoms. The zero-order valence-electron chi connectivity index (χ0n) is 10.0. The molecule has 0 fully saturated rings. The van der Waals surface area contributed by atoms with Gasteiger partial charge in [0.2, 0.25) is 0 Å². The van der Waals surface area contributed by atoms with Crippen LogP contribution in [0.3, 0.4) is 0 Å². The maximum absolute atomic E-state index is 12.9. The first-order chi connectivity index (χ1) is 9.15. The van der Waals surface area contributed by atoms with Crippen molar-refractivity contribution in [2.75, 3.05) is 5.73 Å². The number of hydrazone groups is 1. The van der Waals surface area contributed by atoms with E-state index in [1.807, 2.05) is 0 Å². The minimum Gasteiger partial charge on any atom is -0.399 e. The van der Waals surface area contributed by atoms with Crippen molar-refractivity contribution in [3.05, 3.63) is 65.5 Å². The van der Waals surface area contributed by atoms with Crippen LogP contribution in [-0.2, 0) is 0 Å². The van der Waals surface area contributed by atoms with Gasteiger partial charge in [-0.15, -0.1) is 0 Å². The van der Waals surface area contributed by atoms with Crippen molar-refractivity contribution in [2.24, 2.45) is 5.10 Å². The smallest absolute Gasteiger partial charge is 0.271 e. The molecule has 0 heterocycles. The molecule has 19 heavy (non-hydrogen) atoms. The van der Waals surface area contributed by atoms with Crippen molar-refractivity contribution in [1.29, 1.82) is 0 Å². The second-order valence-corrected chi connectivity index (χ2v) is 3.88. The summed E-state index contributed by atoms with van der Waals surface area (Å²) in [6.45, 7) is 0. The van der Waals surface area contributed by atoms with Gasteiger partial charge in [-0.2, -0.15) is 5.10 Å². The summed E-state index contributed by atoms with van der Waals surface area (Å²) in [7, 11) is 0. The van der Waals surface area contributed by atoms with Crippen LogP contribution >= 0.6 is 0 Å². The molecule has 2 aromatic rings. The Morgan fingerprint density at radius 1 is 1.21 bits per heavy atom. The Balaban J connectivity index is 2.01. The van der Waals surface area contributed by atoms with Crippen molar-refractivity contribution in [3.63, 3.8) is 0 Å². The van der Waals surface area contributed by atoms with E-state index in [-0.39, 0.29) is 11.7 Å². The Morgan fingerprint density at radius 2 is 2.00 bits per heavy atom. The van der Waals surface area contributed by atoms with E-state index in [0.717, 1.165) is 0 Å². The molecule has 2 rings (SSSR count). The lowest BCUT2D eigenvalue weighted by molar-refractivity contribution is 0.0955. The van der Waals surface area contributed by atoms with E-state index in [0.29, 0.717) is 16.8 Å². The molecule has 3 N–H and O–H groups in total. The minimum atomic E-state index is -0.375. The van der Waals surface area contributed by atoms with Gasteiger partial charge in [-0.05, 0) is 35.9 Å². The lowest BCUT2D eigenvalue weighted by Crippen LogP contribution is -2.17. The fraction of sp³-hybridized carbons (Fsp3) is 0. The number of hydrogen-bond acceptors (Lipinski definition) is 3. The summed E-state index contributed by atoms with van der Waals surface area (Å²) in [4.78, 5) is 11.7. The second-order valence-electron chi connectivity index (χ2n) is 3.88. The largest absolute Gasteiger partial charge is 0.399 e. The number of amides is 1. The number of anilines is 1. The quantitative estimate of drug-likeness (QED) is 0.502. The lowest BCUT2D eigenvalue weighted by atomic mass is 10.2. The number of benzene rings is 2. The molecular weight excluding hydrogens is 245 g/mol. The van der Waals surface area contributed by atoms with E-state index in [2.05, 4.69) is 10.5 Å². The lowest BCUT2D eigenvalue weighted by Gasteiger charge is -2.00. The number of nitrogens with zero attached hydrogens (tertiary/aromatic N) is 1. The van der Waals surface area contributed by atoms with E-state index in [9.17, 15) is 9.18 Å². The Bertz CT molecular complexity index is 626. The van der Waals surface area contributed by atoms with Gasteiger partial charge in [-0.3, -0.25) is 4.79 Å². The number of carbonyl (C=O) groups excluding carboxylic acids is 1. The summed E-state index contributed by atoms with van der Waals surface area (Å²) in [5.74, 6) is -0.730. The fourth-order valence-corrected chi connectivity index (χ4v) is 1.50. The van der Waals surface area contributed by atoms with Gasteiger partial charge < -0.3 is 5.73 Å². The molecule has 0 aliphatic rings. The van der Waals surface area contributed by atoms with Crippen LogP contribution in [0.25, 0.3) is 0 Å². The van der Waals surface area contributed by atoms with E-state index < -0.39 is 0 Å². The van der Waals surface area contributed by atoms with Crippen molar-refractivity contribution < 1.29 is 9.18 Å². The van der Waals surface area contributed by atoms with Gasteiger partial charge in [0.15, 0.2) is 0 Å². The Morgan fingerprint density at radius 3 is 2.74 bits per heavy atom. The van der Waals surface area contributed by atoms with Crippen molar-refractivity contribution in [1.82, 2.24) is 5.43 Å². The summed E-state index contributed by atoms with van der Waals surface area (Å²) in [6.07, 6.45) is 1.37. The number of halogens is 1. The molecule has 0 spiro atoms. The molecule has 0 radical (unpaired) electrons. The normalized spacial score (nSPS) is 10.6. The molecule has 0 aliphatic heterocycles. The number of nitrogens with two attached hydrogens (primary N) is 1. The third kappa shape index (κ3) is 3.64. The Labute approximate surface area is 109 Å². The Kier molecular flexibility index (Phi) is 3.87. The molecule has 96 valence electrons. The topological polar surface area (TPSA) is 67.5 Å². The highest BCUT2D eigenvalue weighted by Crippen LogP contribution is 2.06. The van der Waals surface area contributed by atoms with Crippen LogP contribution in [0.1, 0.15) is 15.9 Å². The van der Waals surface area contributed by atoms with Gasteiger partial charge in [0.25, 0.3) is 5.91 Å². The third-order valence-electron chi connectivity index (χ3n) is 2.38. The SMILES string of the molecule is Nc1cccc(C(=O)N/N=C\c2cccc(F)c2)c1. The molecule has 0 saturated heterocycles. The van der Waals surface area contributed by atoms with Crippen LogP contribution < -0.4 is 11.2 Å². The molecule has 4 nitrogen and oxygen atoms in total. The van der Waals surface area contributed by atoms with Crippen LogP contribution in [0, 0.1) is 5.82 Å². The van der Waals surface area contributed by atoms with Crippen molar-refractivity contribution in [3.8, 4) is 0 Å². The predicted molar refractivity (Wildman–Crippen MR) is 72.3 cm³/mol. The Hall–Kier alpha value is -2.69. The number of carbonyl (C=O) groups is 1. The zero-order chi connectivity index (χ0) is 13.7. The fourth-order valence-electron chi connectivity index (χ4n) is 1.50. The predicted octanol–water partition coefficient (Wildman–Crippen LogP) is 2.17. The van der Waals surface area contributed by atoms with Crippen molar-refractivity contribution in [2.45, 2.75) is 0 Å². The number of rotatable bonds is 3. The molecular formula is C14H12FN3O. The maximum Gasteiger partial charge on any atom is 0.271 e. The van der Waals surface area contributed by atoms with Gasteiger partial charge in [0.1, 0.15) is 5.82 Å². The van der Waals surface area contributed by atoms with Gasteiger partial charge in [-0.25, -0.2) is 9.82 Å². The standard InChI is InChI=1S/C14H12FN3O/c15-12-5-1-3-10(7-12)9-17-18-14(19)11-4-2-6-13(16)8-11/h1-9H,16H2,(H,18,19)/b17-9-. The highest BCUT2D eigenvalue weighted by molar-refractivity contribution is 5.95. The van der Waals surface area contributed by atoms with E-state index in [4.69, 9.17) is 5.73 Å². The molecule has 0 aromatic heterocycles. The molecule has 1 amide bonds. The van der Waals surface area contributed by atoms with E-state index in [1.165, 1.54) is 18.3 Å². The molecule has 0 bridgehead atoms. The minimum absolute atomic E-state index is 0.355. The van der Waals surface area contributed by atoms with Gasteiger partial charge >= 0.3 is 0 Å². The molecule has 0 atom stereocenters. The van der Waals surface area contributed by atoms with Crippen LogP contribution in [0.5, 0.6) is 0 Å². The van der Waals surface area contributed by atoms with Crippen LogP contribution in [0.15, 0.2) is 53.6 Å². The number of nitrogen functional groups attached to an aromatic ring is 1. The molecule has 0 aliphatic carbocycles. The van der Waals surface area contributed by atoms with Crippen LogP contribution in [0.4, 0.5) is 10.1 Å². The van der Waals surface area contributed by atoms with Gasteiger partial charge in [-0.1, -0.05) is 18.2 Å². The first kappa shape index (κ1) is 12.8. The summed E-state index contributed by atoms with van der Waals surface area (Å²) < 4.78 is 12.9. The maximum atomic E-state index is 12.9. The number of hydrogen-bond donors (Lipinski definition) is 2. The van der Waals surface area contributed by atoms with Gasteiger partial charge in [0, 0.05) is 11.3 Å². The molecule has 2 aromatic carbocycles. The highest BCUT2D eigenvalue weighted by Gasteiger charge is 2.03. The second kappa shape index (κ2) is 5.77. The molecule has 0 unspecified atom stereocenters. The molecule has 0 saturated carbocycles. The van der Waals surface area contributed by atoms with Crippen LogP contribution in [-0.4, -0.2) is 12.1 Å². The number of nitrogens with one attached hydrogen (secondary N) is 1. The van der Waals surface area contributed by atoms with Crippen LogP contribution in [0.2, 0.25) is 0 Å². The summed E-state index contributed by atoms with van der Waals surface area (Å²) in [5, 5.41) is 3.76. The third-order valence-corrected chi connectivity index (χ3v) is 2.38. The first-order valence-electron chi connectivity index (χ1n) is 5.59. The first-order valence-corrected chi connectivity index (χ1v) is 5.59. The summed E-state index contributed by atoms with van der Waals surface area (Å²) in [6, 6.07) is 12.4. The highest BCUT2D eigenvalue weighted by atomic mass is 19.1. The summed E-state index contributed by atoms with van der Waals surface area (Å²) >= 11 is 0. The average Bonchev–Trinajstić information content (AvgIpc) is 2.38. The average molecular weight is 257 g/mol. The van der Waals surface area contributed by atoms with Crippen molar-refractivity contribution >= 4 is 17.8 Å². The van der Waals surface area contributed by atoms with Gasteiger partial charge in [0.05, 0.1) is 6.21 Å². The zero-order valence-corrected chi connectivity index (χ0v) is 10.0. The van der Waals surface area contributed by atoms with E-state index in [1.54, 1.807) is 36.4 Å². The summed E-state index contributed by atoms with van der Waals surface area (Å²) in [5.41, 5.74) is 9.40.